The lowest BCUT2D eigenvalue weighted by atomic mass is 10.1. The predicted octanol–water partition coefficient (Wildman–Crippen LogP) is 3.18. The van der Waals surface area contributed by atoms with E-state index in [4.69, 9.17) is 0 Å². The Kier molecular flexibility index (Phi) is 8.98. The number of rotatable bonds is 5. The molecule has 0 rings (SSSR count). The molecular weight excluding hydrogens is 139 g/mol. The van der Waals surface area contributed by atoms with Crippen LogP contribution in [0.15, 0.2) is 0 Å². The SMILES string of the molecule is CCCCCCCC#CP. The van der Waals surface area contributed by atoms with Gasteiger partial charge in [0.05, 0.1) is 0 Å². The summed E-state index contributed by atoms with van der Waals surface area (Å²) in [6.07, 6.45) is 7.81. The van der Waals surface area contributed by atoms with Crippen LogP contribution in [0.5, 0.6) is 0 Å². The first-order valence-corrected chi connectivity index (χ1v) is 4.68. The van der Waals surface area contributed by atoms with Crippen molar-refractivity contribution in [2.45, 2.75) is 45.4 Å². The minimum absolute atomic E-state index is 1.08. The lowest BCUT2D eigenvalue weighted by molar-refractivity contribution is 0.641. The Hall–Kier alpha value is -0.0100. The minimum Gasteiger partial charge on any atom is -0.0992 e. The van der Waals surface area contributed by atoms with Crippen LogP contribution in [-0.4, -0.2) is 0 Å². The van der Waals surface area contributed by atoms with E-state index < -0.39 is 0 Å². The summed E-state index contributed by atoms with van der Waals surface area (Å²) in [7, 11) is 2.43. The van der Waals surface area contributed by atoms with Gasteiger partial charge in [-0.1, -0.05) is 53.4 Å². The minimum atomic E-state index is 1.08. The molecule has 0 radical (unpaired) electrons. The molecule has 1 heteroatoms. The summed E-state index contributed by atoms with van der Waals surface area (Å²) in [5, 5.41) is 0. The van der Waals surface area contributed by atoms with Crippen LogP contribution in [0.25, 0.3) is 0 Å². The van der Waals surface area contributed by atoms with Crippen molar-refractivity contribution in [1.29, 1.82) is 0 Å². The second kappa shape index (κ2) is 8.99. The largest absolute Gasteiger partial charge is 0.0992 e. The zero-order chi connectivity index (χ0) is 7.66. The molecule has 1 unspecified atom stereocenters. The first-order valence-electron chi connectivity index (χ1n) is 4.10. The van der Waals surface area contributed by atoms with Crippen molar-refractivity contribution in [3.63, 3.8) is 0 Å². The highest BCUT2D eigenvalue weighted by molar-refractivity contribution is 7.23. The van der Waals surface area contributed by atoms with E-state index in [1.807, 2.05) is 0 Å². The Morgan fingerprint density at radius 2 is 1.80 bits per heavy atom. The molecule has 58 valence electrons. The Labute approximate surface area is 67.0 Å². The van der Waals surface area contributed by atoms with Gasteiger partial charge >= 0.3 is 0 Å². The van der Waals surface area contributed by atoms with E-state index in [1.54, 1.807) is 0 Å². The van der Waals surface area contributed by atoms with Crippen molar-refractivity contribution in [3.05, 3.63) is 0 Å². The van der Waals surface area contributed by atoms with Gasteiger partial charge in [-0.2, -0.15) is 0 Å². The van der Waals surface area contributed by atoms with Crippen LogP contribution in [0.3, 0.4) is 0 Å². The zero-order valence-electron chi connectivity index (χ0n) is 6.82. The monoisotopic (exact) mass is 156 g/mol. The van der Waals surface area contributed by atoms with Gasteiger partial charge in [0.2, 0.25) is 0 Å². The average molecular weight is 156 g/mol. The highest BCUT2D eigenvalue weighted by atomic mass is 31.0. The molecule has 0 aromatic carbocycles. The maximum Gasteiger partial charge on any atom is 0.00919 e. The highest BCUT2D eigenvalue weighted by Crippen LogP contribution is 2.03. The van der Waals surface area contributed by atoms with Gasteiger partial charge in [-0.25, -0.2) is 0 Å². The van der Waals surface area contributed by atoms with E-state index in [2.05, 4.69) is 27.7 Å². The lowest BCUT2D eigenvalue weighted by Crippen LogP contribution is -1.75. The third kappa shape index (κ3) is 7.99. The average Bonchev–Trinajstić information content (AvgIpc) is 1.97. The van der Waals surface area contributed by atoms with Crippen LogP contribution < -0.4 is 0 Å². The molecule has 0 aliphatic rings. The smallest absolute Gasteiger partial charge is 0.00919 e. The van der Waals surface area contributed by atoms with Crippen molar-refractivity contribution >= 4 is 9.24 Å². The third-order valence-electron chi connectivity index (χ3n) is 1.51. The van der Waals surface area contributed by atoms with Gasteiger partial charge in [0.25, 0.3) is 0 Å². The molecule has 10 heavy (non-hydrogen) atoms. The molecule has 0 aliphatic carbocycles. The Bertz CT molecular complexity index is 108. The van der Waals surface area contributed by atoms with Crippen LogP contribution >= 0.6 is 9.24 Å². The van der Waals surface area contributed by atoms with E-state index in [9.17, 15) is 0 Å². The normalized spacial score (nSPS) is 8.60. The summed E-state index contributed by atoms with van der Waals surface area (Å²) in [6.45, 7) is 2.24. The van der Waals surface area contributed by atoms with Gasteiger partial charge in [0.1, 0.15) is 0 Å². The second-order valence-corrected chi connectivity index (χ2v) is 2.77. The van der Waals surface area contributed by atoms with Crippen molar-refractivity contribution in [2.75, 3.05) is 0 Å². The molecule has 0 amide bonds. The molecule has 0 saturated carbocycles. The molecule has 0 spiro atoms. The molecule has 0 nitrogen and oxygen atoms in total. The van der Waals surface area contributed by atoms with Crippen molar-refractivity contribution in [1.82, 2.24) is 0 Å². The van der Waals surface area contributed by atoms with Crippen LogP contribution in [0, 0.1) is 11.6 Å². The fraction of sp³-hybridized carbons (Fsp3) is 0.778. The van der Waals surface area contributed by atoms with Crippen molar-refractivity contribution in [3.8, 4) is 11.6 Å². The van der Waals surface area contributed by atoms with Gasteiger partial charge in [-0.05, 0) is 6.42 Å². The molecule has 0 fully saturated rings. The lowest BCUT2D eigenvalue weighted by Gasteiger charge is -1.93. The van der Waals surface area contributed by atoms with E-state index in [0.29, 0.717) is 0 Å². The van der Waals surface area contributed by atoms with E-state index in [0.717, 1.165) is 6.42 Å². The van der Waals surface area contributed by atoms with Gasteiger partial charge < -0.3 is 0 Å². The van der Waals surface area contributed by atoms with Crippen molar-refractivity contribution in [2.24, 2.45) is 0 Å². The third-order valence-corrected chi connectivity index (χ3v) is 1.71. The van der Waals surface area contributed by atoms with Gasteiger partial charge in [-0.3, -0.25) is 0 Å². The van der Waals surface area contributed by atoms with Crippen LogP contribution in [0.2, 0.25) is 0 Å². The molecule has 0 aliphatic heterocycles. The molecule has 0 heterocycles. The summed E-state index contributed by atoms with van der Waals surface area (Å²) < 4.78 is 0. The maximum absolute atomic E-state index is 3.04. The number of hydrogen-bond acceptors (Lipinski definition) is 0. The standard InChI is InChI=1S/C9H17P/c1-2-3-4-5-6-7-8-9-10/h2-7,10H2,1H3. The van der Waals surface area contributed by atoms with Crippen LogP contribution in [-0.2, 0) is 0 Å². The quantitative estimate of drug-likeness (QED) is 0.326. The van der Waals surface area contributed by atoms with Crippen LogP contribution in [0.4, 0.5) is 0 Å². The molecule has 0 saturated heterocycles. The Balaban J connectivity index is 2.82. The summed E-state index contributed by atoms with van der Waals surface area (Å²) in [6, 6.07) is 0. The first kappa shape index (κ1) is 9.99. The highest BCUT2D eigenvalue weighted by Gasteiger charge is 1.85. The van der Waals surface area contributed by atoms with Gasteiger partial charge in [0, 0.05) is 6.42 Å². The molecule has 0 aromatic heterocycles. The fourth-order valence-electron chi connectivity index (χ4n) is 0.889. The van der Waals surface area contributed by atoms with Gasteiger partial charge in [-0.15, -0.1) is 0 Å². The summed E-state index contributed by atoms with van der Waals surface area (Å²) in [4.78, 5) is 0. The summed E-state index contributed by atoms with van der Waals surface area (Å²) in [5.41, 5.74) is 2.83. The van der Waals surface area contributed by atoms with Gasteiger partial charge in [0.15, 0.2) is 0 Å². The predicted molar refractivity (Wildman–Crippen MR) is 50.9 cm³/mol. The second-order valence-electron chi connectivity index (χ2n) is 2.49. The van der Waals surface area contributed by atoms with Crippen molar-refractivity contribution < 1.29 is 0 Å². The molecule has 1 atom stereocenters. The number of hydrogen-bond donors (Lipinski definition) is 0. The zero-order valence-corrected chi connectivity index (χ0v) is 7.97. The van der Waals surface area contributed by atoms with E-state index in [1.165, 1.54) is 32.1 Å². The molecule has 0 bridgehead atoms. The topological polar surface area (TPSA) is 0 Å². The summed E-state index contributed by atoms with van der Waals surface area (Å²) in [5.74, 6) is 3.04. The van der Waals surface area contributed by atoms with E-state index in [-0.39, 0.29) is 0 Å². The Morgan fingerprint density at radius 1 is 1.10 bits per heavy atom. The molecule has 0 aromatic rings. The number of unbranched alkanes of at least 4 members (excludes halogenated alkanes) is 5. The van der Waals surface area contributed by atoms with E-state index >= 15 is 0 Å². The summed E-state index contributed by atoms with van der Waals surface area (Å²) >= 11 is 0. The van der Waals surface area contributed by atoms with Crippen LogP contribution in [0.1, 0.15) is 45.4 Å². The molecule has 0 N–H and O–H groups in total. The molecular formula is C9H17P. The Morgan fingerprint density at radius 3 is 2.40 bits per heavy atom. The fourth-order valence-corrected chi connectivity index (χ4v) is 1.03. The maximum atomic E-state index is 3.04. The first-order chi connectivity index (χ1) is 4.91.